The number of alkyl carbamates (subject to hydrolysis) is 1. The highest BCUT2D eigenvalue weighted by molar-refractivity contribution is 5.95. The molecule has 7 atom stereocenters. The Bertz CT molecular complexity index is 5630. The molecule has 0 aromatic carbocycles. The Morgan fingerprint density at radius 2 is 1.19 bits per heavy atom. The van der Waals surface area contributed by atoms with E-state index < -0.39 is 17.7 Å². The second kappa shape index (κ2) is 37.4. The summed E-state index contributed by atoms with van der Waals surface area (Å²) < 4.78 is 62.8. The maximum absolute atomic E-state index is 14.9. The van der Waals surface area contributed by atoms with E-state index >= 15 is 0 Å². The number of hydrogen-bond acceptors (Lipinski definition) is 24. The summed E-state index contributed by atoms with van der Waals surface area (Å²) in [4.78, 5) is 104. The number of pyridine rings is 2. The average molecular weight is 1600 g/mol. The van der Waals surface area contributed by atoms with Crippen molar-refractivity contribution in [3.8, 4) is 40.1 Å². The number of rotatable bonds is 19. The molecule has 17 rings (SSSR count). The topological polar surface area (TPSA) is 384 Å². The van der Waals surface area contributed by atoms with Crippen molar-refractivity contribution in [3.05, 3.63) is 199 Å². The van der Waals surface area contributed by atoms with E-state index in [2.05, 4.69) is 165 Å². The molecule has 2 amide bonds. The number of aromatic nitrogens is 19. The van der Waals surface area contributed by atoms with Gasteiger partial charge in [-0.05, 0) is 139 Å². The number of halogens is 4. The zero-order valence-corrected chi connectivity index (χ0v) is 66.6. The molecule has 118 heavy (non-hydrogen) atoms. The van der Waals surface area contributed by atoms with Crippen molar-refractivity contribution >= 4 is 62.3 Å². The Morgan fingerprint density at radius 3 is 1.86 bits per heavy atom. The molecule has 0 spiro atoms. The van der Waals surface area contributed by atoms with Gasteiger partial charge in [-0.15, -0.1) is 0 Å². The number of hydrogen-bond donors (Lipinski definition) is 8. The Morgan fingerprint density at radius 1 is 0.610 bits per heavy atom. The van der Waals surface area contributed by atoms with Gasteiger partial charge in [0.2, 0.25) is 0 Å². The molecule has 3 saturated carbocycles. The molecule has 0 bridgehead atoms. The predicted molar refractivity (Wildman–Crippen MR) is 437 cm³/mol. The minimum absolute atomic E-state index is 0.00123. The second-order valence-electron chi connectivity index (χ2n) is 31.4. The molecule has 5 aliphatic rings. The number of nitrogens with zero attached hydrogens (tertiary/aromatic N) is 18. The van der Waals surface area contributed by atoms with Crippen molar-refractivity contribution < 1.29 is 31.9 Å². The van der Waals surface area contributed by atoms with E-state index in [-0.39, 0.29) is 64.3 Å². The molecule has 1 aliphatic heterocycles. The van der Waals surface area contributed by atoms with Crippen LogP contribution in [0.25, 0.3) is 72.7 Å². The summed E-state index contributed by atoms with van der Waals surface area (Å²) in [5.41, 5.74) is 8.76. The highest BCUT2D eigenvalue weighted by atomic mass is 19.1. The number of ether oxygens (including phenoxy) is 1. The molecule has 4 fully saturated rings. The first-order valence-corrected chi connectivity index (χ1v) is 40.0. The van der Waals surface area contributed by atoms with Gasteiger partial charge in [0.25, 0.3) is 5.91 Å². The largest absolute Gasteiger partial charge is 0.453 e. The molecule has 8 N–H and O–H groups in total. The van der Waals surface area contributed by atoms with E-state index in [0.29, 0.717) is 113 Å². The van der Waals surface area contributed by atoms with E-state index in [4.69, 9.17) is 0 Å². The second-order valence-corrected chi connectivity index (χ2v) is 31.4. The zero-order valence-electron chi connectivity index (χ0n) is 66.6. The molecule has 12 aromatic heterocycles. The lowest BCUT2D eigenvalue weighted by atomic mass is 9.76. The molecule has 610 valence electrons. The van der Waals surface area contributed by atoms with Crippen LogP contribution in [0.5, 0.6) is 0 Å². The van der Waals surface area contributed by atoms with Crippen LogP contribution < -0.4 is 26.6 Å². The van der Waals surface area contributed by atoms with E-state index in [1.54, 1.807) is 61.6 Å². The lowest BCUT2D eigenvalue weighted by molar-refractivity contribution is 0.0921. The third kappa shape index (κ3) is 19.8. The molecule has 0 radical (unpaired) electrons. The van der Waals surface area contributed by atoms with Crippen LogP contribution in [0.4, 0.5) is 34.0 Å². The molecule has 4 aliphatic carbocycles. The van der Waals surface area contributed by atoms with Crippen LogP contribution in [0.15, 0.2) is 130 Å². The number of nitriles is 1. The summed E-state index contributed by atoms with van der Waals surface area (Å²) in [6, 6.07) is 8.64. The summed E-state index contributed by atoms with van der Waals surface area (Å²) in [6.07, 6.45) is 39.6. The van der Waals surface area contributed by atoms with Gasteiger partial charge in [0.1, 0.15) is 53.5 Å². The van der Waals surface area contributed by atoms with Crippen molar-refractivity contribution in [1.82, 2.24) is 116 Å². The highest BCUT2D eigenvalue weighted by Gasteiger charge is 2.32. The maximum Gasteiger partial charge on any atom is 0.407 e. The summed E-state index contributed by atoms with van der Waals surface area (Å²) in [5, 5.41) is 27.8. The SMILES string of the molecule is C=C(N[C@H]1CCC[C@@H](Cc2nc(-c3c[nH]c4nc(C)ncc34)ncc2F)C1)N1CCCC1.CC[C@@H](Cc1nc(-c2c[nH]c3ncncc23)ncc1F)C(C)(C)C.COC(=O)N[C@H]1CCC[C@@H](Nc2nc(C3=CCc4ncncc43)ncc2F)C1.N#Cc1cc(F)c(N[C@@H]2CCC[C@H](NC(=O)c3ccccn3)C2)nc1-c1c[nH]c2ncncc12. The first-order valence-electron chi connectivity index (χ1n) is 40.0. The van der Waals surface area contributed by atoms with Crippen LogP contribution >= 0.6 is 0 Å². The van der Waals surface area contributed by atoms with Crippen molar-refractivity contribution in [3.63, 3.8) is 0 Å². The number of H-pyrrole nitrogens is 3. The third-order valence-electron chi connectivity index (χ3n) is 22.4. The Balaban J connectivity index is 0.000000130. The Labute approximate surface area is 679 Å². The molecule has 0 unspecified atom stereocenters. The minimum Gasteiger partial charge on any atom is -0.453 e. The normalized spacial score (nSPS) is 18.6. The van der Waals surface area contributed by atoms with E-state index in [1.165, 1.54) is 63.6 Å². The van der Waals surface area contributed by atoms with Crippen LogP contribution in [-0.4, -0.2) is 162 Å². The van der Waals surface area contributed by atoms with Gasteiger partial charge in [0.05, 0.1) is 59.9 Å². The number of amides is 2. The maximum atomic E-state index is 14.9. The van der Waals surface area contributed by atoms with Crippen molar-refractivity contribution in [2.75, 3.05) is 30.8 Å². The first-order chi connectivity index (χ1) is 57.2. The number of anilines is 2. The van der Waals surface area contributed by atoms with E-state index in [0.717, 1.165) is 140 Å². The molecular weight excluding hydrogens is 1510 g/mol. The lowest BCUT2D eigenvalue weighted by Gasteiger charge is -2.33. The molecule has 12 aromatic rings. The van der Waals surface area contributed by atoms with E-state index in [9.17, 15) is 32.4 Å². The number of allylic oxidation sites excluding steroid dienone is 1. The summed E-state index contributed by atoms with van der Waals surface area (Å²) in [6.45, 7) is 16.9. The smallest absolute Gasteiger partial charge is 0.407 e. The fourth-order valence-corrected chi connectivity index (χ4v) is 16.1. The van der Waals surface area contributed by atoms with Gasteiger partial charge in [-0.1, -0.05) is 59.3 Å². The van der Waals surface area contributed by atoms with Gasteiger partial charge < -0.3 is 51.2 Å². The number of methoxy groups -OCH3 is 1. The van der Waals surface area contributed by atoms with Gasteiger partial charge in [-0.3, -0.25) is 9.78 Å². The van der Waals surface area contributed by atoms with Crippen LogP contribution in [0, 0.1) is 58.8 Å². The van der Waals surface area contributed by atoms with Gasteiger partial charge in [0.15, 0.2) is 52.4 Å². The number of fused-ring (bicyclic) bond motifs is 4. The van der Waals surface area contributed by atoms with Crippen LogP contribution in [0.3, 0.4) is 0 Å². The number of aryl methyl sites for hydroxylation is 1. The predicted octanol–water partition coefficient (Wildman–Crippen LogP) is 14.3. The quantitative estimate of drug-likeness (QED) is 0.0349. The van der Waals surface area contributed by atoms with Gasteiger partial charge in [-0.25, -0.2) is 97.1 Å². The third-order valence-corrected chi connectivity index (χ3v) is 22.4. The number of aromatic amines is 3. The summed E-state index contributed by atoms with van der Waals surface area (Å²) in [5.74, 6) is 2.14. The number of likely N-dealkylation sites (tertiary alicyclic amines) is 1. The van der Waals surface area contributed by atoms with Crippen molar-refractivity contribution in [2.24, 2.45) is 17.3 Å². The number of nitrogens with one attached hydrogen (secondary N) is 8. The monoisotopic (exact) mass is 1600 g/mol. The fraction of sp³-hybridized carbons (Fsp3) is 0.400. The van der Waals surface area contributed by atoms with Gasteiger partial charge >= 0.3 is 6.09 Å². The highest BCUT2D eigenvalue weighted by Crippen LogP contribution is 2.37. The average Bonchev–Trinajstić information content (AvgIpc) is 1.56. The molecule has 33 heteroatoms. The van der Waals surface area contributed by atoms with Crippen LogP contribution in [0.1, 0.15) is 174 Å². The van der Waals surface area contributed by atoms with E-state index in [1.807, 2.05) is 25.3 Å². The fourth-order valence-electron chi connectivity index (χ4n) is 16.1. The van der Waals surface area contributed by atoms with Crippen LogP contribution in [0.2, 0.25) is 0 Å². The zero-order chi connectivity index (χ0) is 82.4. The van der Waals surface area contributed by atoms with Gasteiger partial charge in [-0.2, -0.15) is 5.26 Å². The lowest BCUT2D eigenvalue weighted by Crippen LogP contribution is -2.42. The molecule has 1 saturated heterocycles. The van der Waals surface area contributed by atoms with Crippen molar-refractivity contribution in [1.29, 1.82) is 5.26 Å². The molecule has 13 heterocycles. The number of carbonyl (C=O) groups excluding carboxylic acids is 2. The first kappa shape index (κ1) is 81.7. The van der Waals surface area contributed by atoms with Crippen LogP contribution in [-0.2, 0) is 24.0 Å². The number of carbonyl (C=O) groups is 2. The minimum atomic E-state index is -0.601. The molecular formula is C85H94F4N26O3. The summed E-state index contributed by atoms with van der Waals surface area (Å²) >= 11 is 0. The standard InChI is InChI=1S/C24H21FN8O.C24H30FN7.C19H21FN6O2.C18H22FN5/c25-19-8-14(10-26)21(17-12-29-22-18(17)11-27-13-30-22)33-23(19)31-15-4-3-5-16(9-15)32-24(34)20-6-1-2-7-28-20;1-15-26-12-19-20(13-27-23(19)29-15)24-28-14-21(25)22(31-24)11-17-6-5-7-18(10-17)30-16(2)32-8-3-4-9-32;1-28-19(27)25-12-4-2-3-11(7-12)24-18-15(20)9-22-17(26-18)13-5-6-16-14(13)8-21-10-23-16;1-5-11(18(2,3)4)6-15-14(19)9-22-17(24-15)13-8-21-16-12(13)7-20-10-23-16/h1-2,6-8,11-13,15-16H,3-5,9H2,(H,31,33)(H,32,34)(H,27,29,30);12-14,17-18,30H,2-11H2,1H3,(H,26,27,29);5,8-12H,2-4,6-7H2,1H3,(H,25,27)(H,22,24,26);7-11H,5-6H2,1-4H3,(H,20,21,23)/t15-,16+;17-,18+;11-,12+;11-/m1110/s1. The Kier molecular flexibility index (Phi) is 25.9. The summed E-state index contributed by atoms with van der Waals surface area (Å²) in [7, 11) is 1.34. The van der Waals surface area contributed by atoms with Crippen molar-refractivity contribution in [2.45, 2.75) is 180 Å². The van der Waals surface area contributed by atoms with Gasteiger partial charge in [0, 0.05) is 143 Å². The Hall–Kier alpha value is -12.9. The molecule has 29 nitrogen and oxygen atoms in total.